The van der Waals surface area contributed by atoms with Crippen molar-refractivity contribution in [2.75, 3.05) is 18.5 Å². The zero-order chi connectivity index (χ0) is 18.9. The number of hydrogen-bond donors (Lipinski definition) is 2. The van der Waals surface area contributed by atoms with Crippen LogP contribution in [0.25, 0.3) is 0 Å². The number of ether oxygens (including phenoxy) is 1. The summed E-state index contributed by atoms with van der Waals surface area (Å²) in [6, 6.07) is 14.9. The van der Waals surface area contributed by atoms with E-state index >= 15 is 0 Å². The first-order chi connectivity index (χ1) is 12.4. The largest absolute Gasteiger partial charge is 0.454 e. The molecule has 0 saturated carbocycles. The molecule has 6 nitrogen and oxygen atoms in total. The number of aryl methyl sites for hydroxylation is 2. The minimum Gasteiger partial charge on any atom is -0.454 e. The summed E-state index contributed by atoms with van der Waals surface area (Å²) >= 11 is 0. The zero-order valence-corrected chi connectivity index (χ0v) is 14.9. The Kier molecular flexibility index (Phi) is 6.91. The molecule has 2 aromatic carbocycles. The molecule has 0 saturated heterocycles. The molecule has 0 fully saturated rings. The van der Waals surface area contributed by atoms with Crippen molar-refractivity contribution >= 4 is 23.5 Å². The van der Waals surface area contributed by atoms with Crippen LogP contribution in [0, 0.1) is 13.8 Å². The van der Waals surface area contributed by atoms with Crippen LogP contribution >= 0.6 is 0 Å². The maximum atomic E-state index is 11.9. The molecule has 0 aliphatic carbocycles. The third kappa shape index (κ3) is 6.39. The third-order valence-corrected chi connectivity index (χ3v) is 3.67. The molecular formula is C20H22N2O4. The lowest BCUT2D eigenvalue weighted by atomic mass is 10.1. The van der Waals surface area contributed by atoms with E-state index in [4.69, 9.17) is 4.74 Å². The maximum absolute atomic E-state index is 11.9. The van der Waals surface area contributed by atoms with Crippen LogP contribution in [0.3, 0.4) is 0 Å². The molecule has 0 unspecified atom stereocenters. The van der Waals surface area contributed by atoms with E-state index in [0.29, 0.717) is 5.69 Å². The van der Waals surface area contributed by atoms with Crippen molar-refractivity contribution in [3.05, 3.63) is 65.2 Å². The summed E-state index contributed by atoms with van der Waals surface area (Å²) in [6.45, 7) is 3.12. The van der Waals surface area contributed by atoms with Crippen LogP contribution in [0.15, 0.2) is 48.5 Å². The van der Waals surface area contributed by atoms with Gasteiger partial charge in [-0.15, -0.1) is 0 Å². The lowest BCUT2D eigenvalue weighted by Crippen LogP contribution is -2.33. The van der Waals surface area contributed by atoms with E-state index in [9.17, 15) is 14.4 Å². The van der Waals surface area contributed by atoms with Gasteiger partial charge in [0.2, 0.25) is 5.91 Å². The Morgan fingerprint density at radius 2 is 1.69 bits per heavy atom. The number of carbonyl (C=O) groups excluding carboxylic acids is 3. The highest BCUT2D eigenvalue weighted by Crippen LogP contribution is 2.16. The van der Waals surface area contributed by atoms with Gasteiger partial charge in [0.25, 0.3) is 5.91 Å². The summed E-state index contributed by atoms with van der Waals surface area (Å²) in [7, 11) is 0. The minimum absolute atomic E-state index is 0.182. The van der Waals surface area contributed by atoms with Gasteiger partial charge >= 0.3 is 5.97 Å². The molecule has 2 amide bonds. The number of benzene rings is 2. The topological polar surface area (TPSA) is 84.5 Å². The predicted octanol–water partition coefficient (Wildman–Crippen LogP) is 2.14. The summed E-state index contributed by atoms with van der Waals surface area (Å²) in [5.41, 5.74) is 3.47. The molecular weight excluding hydrogens is 332 g/mol. The van der Waals surface area contributed by atoms with Crippen molar-refractivity contribution in [1.29, 1.82) is 0 Å². The molecule has 0 spiro atoms. The van der Waals surface area contributed by atoms with Crippen LogP contribution < -0.4 is 10.6 Å². The summed E-state index contributed by atoms with van der Waals surface area (Å²) in [6.07, 6.45) is 0.182. The number of hydrogen-bond acceptors (Lipinski definition) is 4. The van der Waals surface area contributed by atoms with E-state index in [-0.39, 0.29) is 18.9 Å². The standard InChI is InChI=1S/C20H22N2O4/c1-14-8-9-15(2)17(10-14)22-19(24)13-26-20(25)12-21-18(23)11-16-6-4-3-5-7-16/h3-10H,11-13H2,1-2H3,(H,21,23)(H,22,24). The molecule has 2 aromatic rings. The molecule has 2 N–H and O–H groups in total. The minimum atomic E-state index is -0.664. The van der Waals surface area contributed by atoms with Gasteiger partial charge in [-0.3, -0.25) is 14.4 Å². The van der Waals surface area contributed by atoms with Gasteiger partial charge in [-0.1, -0.05) is 42.5 Å². The fourth-order valence-electron chi connectivity index (χ4n) is 2.27. The Bertz CT molecular complexity index is 788. The molecule has 0 atom stereocenters. The number of rotatable bonds is 7. The van der Waals surface area contributed by atoms with Gasteiger partial charge in [-0.05, 0) is 36.6 Å². The third-order valence-electron chi connectivity index (χ3n) is 3.67. The van der Waals surface area contributed by atoms with Crippen LogP contribution in [0.2, 0.25) is 0 Å². The summed E-state index contributed by atoms with van der Waals surface area (Å²) in [5, 5.41) is 5.18. The first-order valence-corrected chi connectivity index (χ1v) is 8.27. The second kappa shape index (κ2) is 9.36. The summed E-state index contributed by atoms with van der Waals surface area (Å²) in [5.74, 6) is -1.38. The fourth-order valence-corrected chi connectivity index (χ4v) is 2.27. The molecule has 0 bridgehead atoms. The average molecular weight is 354 g/mol. The van der Waals surface area contributed by atoms with Crippen LogP contribution in [-0.4, -0.2) is 30.9 Å². The van der Waals surface area contributed by atoms with Crippen molar-refractivity contribution in [3.63, 3.8) is 0 Å². The maximum Gasteiger partial charge on any atom is 0.325 e. The van der Waals surface area contributed by atoms with Gasteiger partial charge in [-0.2, -0.15) is 0 Å². The van der Waals surface area contributed by atoms with Crippen LogP contribution in [0.1, 0.15) is 16.7 Å². The SMILES string of the molecule is Cc1ccc(C)c(NC(=O)COC(=O)CNC(=O)Cc2ccccc2)c1. The van der Waals surface area contributed by atoms with Crippen LogP contribution in [0.5, 0.6) is 0 Å². The molecule has 0 heterocycles. The lowest BCUT2D eigenvalue weighted by molar-refractivity contribution is -0.147. The lowest BCUT2D eigenvalue weighted by Gasteiger charge is -2.10. The second-order valence-corrected chi connectivity index (χ2v) is 5.97. The van der Waals surface area contributed by atoms with E-state index in [0.717, 1.165) is 16.7 Å². The number of carbonyl (C=O) groups is 3. The Morgan fingerprint density at radius 3 is 2.42 bits per heavy atom. The quantitative estimate of drug-likeness (QED) is 0.746. The van der Waals surface area contributed by atoms with Crippen molar-refractivity contribution in [2.45, 2.75) is 20.3 Å². The number of amides is 2. The molecule has 0 aliphatic rings. The number of nitrogens with one attached hydrogen (secondary N) is 2. The Balaban J connectivity index is 1.70. The normalized spacial score (nSPS) is 10.1. The highest BCUT2D eigenvalue weighted by Gasteiger charge is 2.11. The monoisotopic (exact) mass is 354 g/mol. The van der Waals surface area contributed by atoms with Gasteiger partial charge in [0.15, 0.2) is 6.61 Å². The Hall–Kier alpha value is -3.15. The highest BCUT2D eigenvalue weighted by atomic mass is 16.5. The molecule has 0 aliphatic heterocycles. The summed E-state index contributed by atoms with van der Waals surface area (Å²) in [4.78, 5) is 35.3. The van der Waals surface area contributed by atoms with E-state index in [1.54, 1.807) is 0 Å². The fraction of sp³-hybridized carbons (Fsp3) is 0.250. The molecule has 26 heavy (non-hydrogen) atoms. The Morgan fingerprint density at radius 1 is 0.962 bits per heavy atom. The van der Waals surface area contributed by atoms with Crippen LogP contribution in [-0.2, 0) is 25.5 Å². The van der Waals surface area contributed by atoms with Crippen molar-refractivity contribution < 1.29 is 19.1 Å². The summed E-state index contributed by atoms with van der Waals surface area (Å²) < 4.78 is 4.88. The van der Waals surface area contributed by atoms with E-state index < -0.39 is 18.5 Å². The smallest absolute Gasteiger partial charge is 0.325 e. The van der Waals surface area contributed by atoms with E-state index in [1.807, 2.05) is 62.4 Å². The first-order valence-electron chi connectivity index (χ1n) is 8.27. The predicted molar refractivity (Wildman–Crippen MR) is 98.7 cm³/mol. The van der Waals surface area contributed by atoms with Gasteiger partial charge in [0, 0.05) is 5.69 Å². The molecule has 0 aromatic heterocycles. The van der Waals surface area contributed by atoms with E-state index in [1.165, 1.54) is 0 Å². The molecule has 136 valence electrons. The molecule has 0 radical (unpaired) electrons. The van der Waals surface area contributed by atoms with Gasteiger partial charge in [0.05, 0.1) is 6.42 Å². The van der Waals surface area contributed by atoms with E-state index in [2.05, 4.69) is 10.6 Å². The first kappa shape index (κ1) is 19.2. The molecule has 6 heteroatoms. The van der Waals surface area contributed by atoms with Crippen molar-refractivity contribution in [3.8, 4) is 0 Å². The van der Waals surface area contributed by atoms with Gasteiger partial charge in [-0.25, -0.2) is 0 Å². The number of esters is 1. The van der Waals surface area contributed by atoms with Crippen molar-refractivity contribution in [1.82, 2.24) is 5.32 Å². The van der Waals surface area contributed by atoms with Crippen molar-refractivity contribution in [2.24, 2.45) is 0 Å². The average Bonchev–Trinajstić information content (AvgIpc) is 2.62. The Labute approximate surface area is 152 Å². The highest BCUT2D eigenvalue weighted by molar-refractivity contribution is 5.93. The second-order valence-electron chi connectivity index (χ2n) is 5.97. The van der Waals surface area contributed by atoms with Crippen LogP contribution in [0.4, 0.5) is 5.69 Å². The van der Waals surface area contributed by atoms with Gasteiger partial charge in [0.1, 0.15) is 6.54 Å². The zero-order valence-electron chi connectivity index (χ0n) is 14.9. The van der Waals surface area contributed by atoms with Gasteiger partial charge < -0.3 is 15.4 Å². The number of anilines is 1. The molecule has 2 rings (SSSR count).